The number of nitrogens with one attached hydrogen (secondary N) is 1. The standard InChI is InChI=1S/C17H17N3O2S/c1-21-13-6-7-16(22-2)14(9-13)19-17-20-15(10-23-17)11-4-3-5-12(18)8-11/h3-10H,18H2,1-2H3,(H,19,20). The minimum atomic E-state index is 0.722. The second-order valence-corrected chi connectivity index (χ2v) is 5.71. The summed E-state index contributed by atoms with van der Waals surface area (Å²) in [7, 11) is 3.26. The quantitative estimate of drug-likeness (QED) is 0.689. The fourth-order valence-electron chi connectivity index (χ4n) is 2.19. The molecule has 118 valence electrons. The molecule has 0 aliphatic carbocycles. The number of methoxy groups -OCH3 is 2. The van der Waals surface area contributed by atoms with Crippen molar-refractivity contribution in [3.63, 3.8) is 0 Å². The number of nitrogens with two attached hydrogens (primary N) is 1. The lowest BCUT2D eigenvalue weighted by Crippen LogP contribution is -1.95. The van der Waals surface area contributed by atoms with Crippen LogP contribution >= 0.6 is 11.3 Å². The Morgan fingerprint density at radius 3 is 2.70 bits per heavy atom. The van der Waals surface area contributed by atoms with Gasteiger partial charge in [0.05, 0.1) is 25.6 Å². The fourth-order valence-corrected chi connectivity index (χ4v) is 2.92. The lowest BCUT2D eigenvalue weighted by molar-refractivity contribution is 0.405. The van der Waals surface area contributed by atoms with Gasteiger partial charge < -0.3 is 20.5 Å². The van der Waals surface area contributed by atoms with E-state index in [4.69, 9.17) is 15.2 Å². The molecule has 0 spiro atoms. The van der Waals surface area contributed by atoms with Crippen LogP contribution in [0.15, 0.2) is 47.8 Å². The van der Waals surface area contributed by atoms with Gasteiger partial charge in [-0.3, -0.25) is 0 Å². The van der Waals surface area contributed by atoms with Gasteiger partial charge in [0.15, 0.2) is 5.13 Å². The van der Waals surface area contributed by atoms with E-state index in [0.717, 1.165) is 39.3 Å². The maximum Gasteiger partial charge on any atom is 0.187 e. The van der Waals surface area contributed by atoms with Gasteiger partial charge in [-0.05, 0) is 24.3 Å². The summed E-state index contributed by atoms with van der Waals surface area (Å²) in [6, 6.07) is 13.3. The topological polar surface area (TPSA) is 69.4 Å². The third-order valence-electron chi connectivity index (χ3n) is 3.33. The highest BCUT2D eigenvalue weighted by molar-refractivity contribution is 7.14. The molecule has 0 radical (unpaired) electrons. The van der Waals surface area contributed by atoms with Gasteiger partial charge in [-0.1, -0.05) is 12.1 Å². The van der Waals surface area contributed by atoms with Crippen LogP contribution in [0.3, 0.4) is 0 Å². The maximum atomic E-state index is 5.83. The SMILES string of the molecule is COc1ccc(OC)c(Nc2nc(-c3cccc(N)c3)cs2)c1. The Morgan fingerprint density at radius 2 is 1.96 bits per heavy atom. The van der Waals surface area contributed by atoms with E-state index < -0.39 is 0 Å². The third-order valence-corrected chi connectivity index (χ3v) is 4.09. The zero-order valence-corrected chi connectivity index (χ0v) is 13.7. The number of anilines is 3. The van der Waals surface area contributed by atoms with Gasteiger partial charge in [-0.25, -0.2) is 4.98 Å². The number of benzene rings is 2. The first-order valence-electron chi connectivity index (χ1n) is 7.00. The van der Waals surface area contributed by atoms with Crippen molar-refractivity contribution < 1.29 is 9.47 Å². The monoisotopic (exact) mass is 327 g/mol. The predicted molar refractivity (Wildman–Crippen MR) is 94.8 cm³/mol. The van der Waals surface area contributed by atoms with E-state index in [1.54, 1.807) is 14.2 Å². The number of nitrogen functional groups attached to an aromatic ring is 1. The Hall–Kier alpha value is -2.73. The average Bonchev–Trinajstić information content (AvgIpc) is 3.03. The molecule has 0 amide bonds. The number of aromatic nitrogens is 1. The molecule has 0 atom stereocenters. The van der Waals surface area contributed by atoms with Gasteiger partial charge in [0.2, 0.25) is 0 Å². The van der Waals surface area contributed by atoms with Gasteiger partial charge in [0.25, 0.3) is 0 Å². The van der Waals surface area contributed by atoms with Crippen LogP contribution in [0.2, 0.25) is 0 Å². The first-order chi connectivity index (χ1) is 11.2. The number of rotatable bonds is 5. The van der Waals surface area contributed by atoms with E-state index >= 15 is 0 Å². The van der Waals surface area contributed by atoms with Crippen LogP contribution in [0, 0.1) is 0 Å². The zero-order chi connectivity index (χ0) is 16.2. The molecule has 0 saturated carbocycles. The molecule has 0 aliphatic heterocycles. The minimum Gasteiger partial charge on any atom is -0.497 e. The van der Waals surface area contributed by atoms with E-state index in [1.165, 1.54) is 11.3 Å². The Kier molecular flexibility index (Phi) is 4.34. The number of ether oxygens (including phenoxy) is 2. The molecule has 23 heavy (non-hydrogen) atoms. The average molecular weight is 327 g/mol. The largest absolute Gasteiger partial charge is 0.497 e. The second-order valence-electron chi connectivity index (χ2n) is 4.85. The molecule has 3 rings (SSSR count). The molecule has 0 bridgehead atoms. The summed E-state index contributed by atoms with van der Waals surface area (Å²) in [6.45, 7) is 0. The highest BCUT2D eigenvalue weighted by atomic mass is 32.1. The summed E-state index contributed by atoms with van der Waals surface area (Å²) in [5.41, 5.74) is 9.23. The molecule has 3 aromatic rings. The summed E-state index contributed by atoms with van der Waals surface area (Å²) < 4.78 is 10.6. The molecule has 0 saturated heterocycles. The van der Waals surface area contributed by atoms with Crippen LogP contribution in [0.1, 0.15) is 0 Å². The summed E-state index contributed by atoms with van der Waals surface area (Å²) in [6.07, 6.45) is 0. The number of hydrogen-bond acceptors (Lipinski definition) is 6. The van der Waals surface area contributed by atoms with E-state index in [1.807, 2.05) is 47.8 Å². The summed E-state index contributed by atoms with van der Waals surface area (Å²) in [5.74, 6) is 1.48. The van der Waals surface area contributed by atoms with Crippen LogP contribution in [0.25, 0.3) is 11.3 Å². The molecular formula is C17H17N3O2S. The molecule has 3 N–H and O–H groups in total. The van der Waals surface area contributed by atoms with Crippen molar-refractivity contribution in [2.24, 2.45) is 0 Å². The molecule has 1 heterocycles. The molecule has 1 aromatic heterocycles. The van der Waals surface area contributed by atoms with Gasteiger partial charge >= 0.3 is 0 Å². The van der Waals surface area contributed by atoms with Crippen LogP contribution in [-0.2, 0) is 0 Å². The lowest BCUT2D eigenvalue weighted by atomic mass is 10.1. The third kappa shape index (κ3) is 3.37. The minimum absolute atomic E-state index is 0.722. The van der Waals surface area contributed by atoms with Gasteiger partial charge in [0.1, 0.15) is 11.5 Å². The summed E-state index contributed by atoms with van der Waals surface area (Å²) in [5, 5.41) is 6.04. The summed E-state index contributed by atoms with van der Waals surface area (Å²) in [4.78, 5) is 4.60. The first kappa shape index (κ1) is 15.2. The van der Waals surface area contributed by atoms with Crippen LogP contribution in [0.4, 0.5) is 16.5 Å². The van der Waals surface area contributed by atoms with Crippen molar-refractivity contribution in [2.45, 2.75) is 0 Å². The first-order valence-corrected chi connectivity index (χ1v) is 7.88. The van der Waals surface area contributed by atoms with E-state index in [-0.39, 0.29) is 0 Å². The molecule has 0 unspecified atom stereocenters. The van der Waals surface area contributed by atoms with Crippen molar-refractivity contribution in [2.75, 3.05) is 25.3 Å². The maximum absolute atomic E-state index is 5.83. The Labute approximate surface area is 138 Å². The predicted octanol–water partition coefficient (Wildman–Crippen LogP) is 4.15. The Bertz CT molecular complexity index is 817. The highest BCUT2D eigenvalue weighted by Gasteiger charge is 2.09. The molecule has 2 aromatic carbocycles. The van der Waals surface area contributed by atoms with Gasteiger partial charge in [-0.2, -0.15) is 0 Å². The highest BCUT2D eigenvalue weighted by Crippen LogP contribution is 2.34. The number of hydrogen-bond donors (Lipinski definition) is 2. The molecule has 6 heteroatoms. The Morgan fingerprint density at radius 1 is 1.09 bits per heavy atom. The van der Waals surface area contributed by atoms with E-state index in [9.17, 15) is 0 Å². The van der Waals surface area contributed by atoms with E-state index in [0.29, 0.717) is 0 Å². The van der Waals surface area contributed by atoms with Crippen molar-refractivity contribution >= 4 is 27.8 Å². The molecular weight excluding hydrogens is 310 g/mol. The van der Waals surface area contributed by atoms with Crippen molar-refractivity contribution in [3.05, 3.63) is 47.8 Å². The molecule has 5 nitrogen and oxygen atoms in total. The van der Waals surface area contributed by atoms with Crippen LogP contribution in [0.5, 0.6) is 11.5 Å². The smallest absolute Gasteiger partial charge is 0.187 e. The molecule has 0 fully saturated rings. The van der Waals surface area contributed by atoms with Crippen LogP contribution < -0.4 is 20.5 Å². The molecule has 0 aliphatic rings. The Balaban J connectivity index is 1.87. The van der Waals surface area contributed by atoms with Gasteiger partial charge in [0, 0.05) is 22.7 Å². The van der Waals surface area contributed by atoms with Crippen molar-refractivity contribution in [3.8, 4) is 22.8 Å². The fraction of sp³-hybridized carbons (Fsp3) is 0.118. The second kappa shape index (κ2) is 6.58. The number of nitrogens with zero attached hydrogens (tertiary/aromatic N) is 1. The normalized spacial score (nSPS) is 10.3. The zero-order valence-electron chi connectivity index (χ0n) is 12.9. The lowest BCUT2D eigenvalue weighted by Gasteiger charge is -2.10. The van der Waals surface area contributed by atoms with Crippen molar-refractivity contribution in [1.29, 1.82) is 0 Å². The van der Waals surface area contributed by atoms with Crippen molar-refractivity contribution in [1.82, 2.24) is 4.98 Å². The van der Waals surface area contributed by atoms with Gasteiger partial charge in [-0.15, -0.1) is 11.3 Å². The van der Waals surface area contributed by atoms with Crippen LogP contribution in [-0.4, -0.2) is 19.2 Å². The number of thiazole rings is 1. The van der Waals surface area contributed by atoms with E-state index in [2.05, 4.69) is 10.3 Å². The summed E-state index contributed by atoms with van der Waals surface area (Å²) >= 11 is 1.52.